The van der Waals surface area contributed by atoms with Gasteiger partial charge in [-0.2, -0.15) is 5.10 Å². The van der Waals surface area contributed by atoms with Crippen LogP contribution in [0.4, 0.5) is 0 Å². The first-order valence-electron chi connectivity index (χ1n) is 9.89. The molecular formula is C23H25N3O2. The molecule has 0 spiro atoms. The molecule has 1 saturated carbocycles. The van der Waals surface area contributed by atoms with Crippen molar-refractivity contribution in [1.29, 1.82) is 0 Å². The van der Waals surface area contributed by atoms with Crippen LogP contribution in [0.3, 0.4) is 0 Å². The van der Waals surface area contributed by atoms with Crippen molar-refractivity contribution in [1.82, 2.24) is 15.5 Å². The number of fused-ring (bicyclic) bond motifs is 1. The molecule has 0 aliphatic heterocycles. The van der Waals surface area contributed by atoms with Gasteiger partial charge in [0.05, 0.1) is 12.3 Å². The van der Waals surface area contributed by atoms with Gasteiger partial charge in [-0.25, -0.2) is 0 Å². The van der Waals surface area contributed by atoms with Gasteiger partial charge in [-0.1, -0.05) is 19.1 Å². The smallest absolute Gasteiger partial charge is 0.251 e. The van der Waals surface area contributed by atoms with E-state index in [-0.39, 0.29) is 12.0 Å². The van der Waals surface area contributed by atoms with Crippen LogP contribution in [-0.2, 0) is 0 Å². The molecule has 1 amide bonds. The van der Waals surface area contributed by atoms with Crippen LogP contribution in [0.15, 0.2) is 42.6 Å². The summed E-state index contributed by atoms with van der Waals surface area (Å²) in [5, 5.41) is 13.2. The van der Waals surface area contributed by atoms with Gasteiger partial charge in [0.1, 0.15) is 0 Å². The summed E-state index contributed by atoms with van der Waals surface area (Å²) < 4.78 is 5.91. The highest BCUT2D eigenvalue weighted by atomic mass is 16.5. The first-order chi connectivity index (χ1) is 13.5. The highest BCUT2D eigenvalue weighted by molar-refractivity contribution is 5.97. The fourth-order valence-electron chi connectivity index (χ4n) is 3.16. The predicted molar refractivity (Wildman–Crippen MR) is 111 cm³/mol. The molecular weight excluding hydrogens is 350 g/mol. The number of ether oxygens (including phenoxy) is 1. The Morgan fingerprint density at radius 3 is 2.82 bits per heavy atom. The van der Waals surface area contributed by atoms with Crippen molar-refractivity contribution in [2.24, 2.45) is 0 Å². The molecule has 1 atom stereocenters. The summed E-state index contributed by atoms with van der Waals surface area (Å²) in [4.78, 5) is 12.4. The van der Waals surface area contributed by atoms with Crippen molar-refractivity contribution in [2.45, 2.75) is 52.2 Å². The number of benzene rings is 2. The van der Waals surface area contributed by atoms with E-state index in [1.165, 1.54) is 0 Å². The summed E-state index contributed by atoms with van der Waals surface area (Å²) in [6.07, 6.45) is 4.91. The quantitative estimate of drug-likeness (QED) is 0.680. The highest BCUT2D eigenvalue weighted by Crippen LogP contribution is 2.31. The molecule has 1 N–H and O–H groups in total. The van der Waals surface area contributed by atoms with Crippen molar-refractivity contribution < 1.29 is 9.53 Å². The van der Waals surface area contributed by atoms with Gasteiger partial charge in [0.25, 0.3) is 5.91 Å². The average molecular weight is 375 g/mol. The van der Waals surface area contributed by atoms with Gasteiger partial charge in [-0.3, -0.25) is 4.79 Å². The molecule has 0 unspecified atom stereocenters. The lowest BCUT2D eigenvalue weighted by molar-refractivity contribution is 0.0951. The van der Waals surface area contributed by atoms with Crippen molar-refractivity contribution in [3.8, 4) is 17.0 Å². The average Bonchev–Trinajstić information content (AvgIpc) is 3.52. The maximum atomic E-state index is 12.4. The van der Waals surface area contributed by atoms with Crippen LogP contribution in [-0.4, -0.2) is 28.3 Å². The Morgan fingerprint density at radius 2 is 2.07 bits per heavy atom. The Hall–Kier alpha value is -2.95. The molecule has 1 heterocycles. The molecule has 4 rings (SSSR count). The van der Waals surface area contributed by atoms with Gasteiger partial charge >= 0.3 is 0 Å². The Morgan fingerprint density at radius 1 is 1.25 bits per heavy atom. The Bertz CT molecular complexity index is 1030. The van der Waals surface area contributed by atoms with Crippen LogP contribution >= 0.6 is 0 Å². The molecule has 1 fully saturated rings. The van der Waals surface area contributed by atoms with Crippen LogP contribution in [0.2, 0.25) is 0 Å². The second-order valence-corrected chi connectivity index (χ2v) is 7.57. The largest absolute Gasteiger partial charge is 0.473 e. The van der Waals surface area contributed by atoms with E-state index >= 15 is 0 Å². The topological polar surface area (TPSA) is 64.1 Å². The Kier molecular flexibility index (Phi) is 4.99. The summed E-state index contributed by atoms with van der Waals surface area (Å²) in [6, 6.07) is 12.4. The van der Waals surface area contributed by atoms with Crippen molar-refractivity contribution >= 4 is 16.7 Å². The number of nitrogens with zero attached hydrogens (tertiary/aromatic N) is 2. The molecule has 0 radical (unpaired) electrons. The minimum atomic E-state index is -0.000328. The van der Waals surface area contributed by atoms with E-state index in [0.29, 0.717) is 17.5 Å². The lowest BCUT2D eigenvalue weighted by Gasteiger charge is -2.14. The van der Waals surface area contributed by atoms with Gasteiger partial charge in [0.15, 0.2) is 0 Å². The molecule has 0 bridgehead atoms. The zero-order valence-electron chi connectivity index (χ0n) is 16.5. The van der Waals surface area contributed by atoms with Crippen LogP contribution in [0.5, 0.6) is 5.88 Å². The fourth-order valence-corrected chi connectivity index (χ4v) is 3.16. The molecule has 28 heavy (non-hydrogen) atoms. The first-order valence-corrected chi connectivity index (χ1v) is 9.89. The third-order valence-electron chi connectivity index (χ3n) is 5.24. The van der Waals surface area contributed by atoms with E-state index in [9.17, 15) is 4.79 Å². The van der Waals surface area contributed by atoms with Crippen molar-refractivity contribution in [3.63, 3.8) is 0 Å². The Balaban J connectivity index is 1.69. The number of carbonyl (C=O) groups excluding carboxylic acids is 1. The number of aromatic nitrogens is 2. The normalized spacial score (nSPS) is 14.7. The van der Waals surface area contributed by atoms with E-state index in [1.54, 1.807) is 6.20 Å². The molecule has 2 aromatic carbocycles. The summed E-state index contributed by atoms with van der Waals surface area (Å²) >= 11 is 0. The minimum absolute atomic E-state index is 0.000328. The second kappa shape index (κ2) is 7.58. The molecule has 1 aliphatic carbocycles. The maximum Gasteiger partial charge on any atom is 0.251 e. The van der Waals surface area contributed by atoms with E-state index < -0.39 is 0 Å². The lowest BCUT2D eigenvalue weighted by atomic mass is 9.96. The number of hydrogen-bond acceptors (Lipinski definition) is 4. The van der Waals surface area contributed by atoms with Gasteiger partial charge in [-0.15, -0.1) is 5.10 Å². The summed E-state index contributed by atoms with van der Waals surface area (Å²) in [7, 11) is 0. The van der Waals surface area contributed by atoms with Crippen LogP contribution < -0.4 is 10.1 Å². The number of rotatable bonds is 6. The van der Waals surface area contributed by atoms with Gasteiger partial charge in [0, 0.05) is 22.4 Å². The zero-order valence-corrected chi connectivity index (χ0v) is 16.5. The number of aryl methyl sites for hydroxylation is 1. The molecule has 144 valence electrons. The third-order valence-corrected chi connectivity index (χ3v) is 5.24. The number of nitrogens with one attached hydrogen (secondary N) is 1. The summed E-state index contributed by atoms with van der Waals surface area (Å²) in [5.41, 5.74) is 3.92. The van der Waals surface area contributed by atoms with E-state index in [2.05, 4.69) is 41.5 Å². The standard InChI is InChI=1S/C23H25N3O2/c1-4-15(3)28-23-20-10-7-16(11-18(20)13-24-26-23)21-12-17(6-5-14(21)2)22(27)25-19-8-9-19/h5-7,10-13,15,19H,4,8-9H2,1-3H3,(H,25,27)/t15-/m0/s1. The second-order valence-electron chi connectivity index (χ2n) is 7.57. The van der Waals surface area contributed by atoms with Crippen molar-refractivity contribution in [3.05, 3.63) is 53.7 Å². The predicted octanol–water partition coefficient (Wildman–Crippen LogP) is 4.67. The van der Waals surface area contributed by atoms with Crippen LogP contribution in [0.25, 0.3) is 21.9 Å². The zero-order chi connectivity index (χ0) is 19.7. The minimum Gasteiger partial charge on any atom is -0.473 e. The van der Waals surface area contributed by atoms with Gasteiger partial charge < -0.3 is 10.1 Å². The molecule has 3 aromatic rings. The van der Waals surface area contributed by atoms with Crippen LogP contribution in [0, 0.1) is 6.92 Å². The lowest BCUT2D eigenvalue weighted by Crippen LogP contribution is -2.25. The molecule has 1 aliphatic rings. The van der Waals surface area contributed by atoms with E-state index in [4.69, 9.17) is 4.74 Å². The third kappa shape index (κ3) is 3.84. The van der Waals surface area contributed by atoms with Gasteiger partial charge in [-0.05, 0) is 74.1 Å². The first kappa shape index (κ1) is 18.4. The number of carbonyl (C=O) groups is 1. The maximum absolute atomic E-state index is 12.4. The molecule has 1 aromatic heterocycles. The monoisotopic (exact) mass is 375 g/mol. The molecule has 5 nitrogen and oxygen atoms in total. The van der Waals surface area contributed by atoms with Crippen molar-refractivity contribution in [2.75, 3.05) is 0 Å². The fraction of sp³-hybridized carbons (Fsp3) is 0.348. The van der Waals surface area contributed by atoms with E-state index in [0.717, 1.165) is 46.7 Å². The molecule has 0 saturated heterocycles. The van der Waals surface area contributed by atoms with Crippen LogP contribution in [0.1, 0.15) is 49.0 Å². The highest BCUT2D eigenvalue weighted by Gasteiger charge is 2.24. The summed E-state index contributed by atoms with van der Waals surface area (Å²) in [6.45, 7) is 6.16. The number of amides is 1. The van der Waals surface area contributed by atoms with Gasteiger partial charge in [0.2, 0.25) is 5.88 Å². The SMILES string of the molecule is CC[C@H](C)Oc1nncc2cc(-c3cc(C(=O)NC4CC4)ccc3C)ccc12. The van der Waals surface area contributed by atoms with E-state index in [1.807, 2.05) is 31.2 Å². The molecule has 5 heteroatoms. The number of hydrogen-bond donors (Lipinski definition) is 1. The Labute approximate surface area is 165 Å². The summed E-state index contributed by atoms with van der Waals surface area (Å²) in [5.74, 6) is 0.562.